The van der Waals surface area contributed by atoms with Crippen molar-refractivity contribution >= 4 is 44.7 Å². The lowest BCUT2D eigenvalue weighted by atomic mass is 10.1. The molecule has 0 unspecified atom stereocenters. The van der Waals surface area contributed by atoms with Crippen molar-refractivity contribution in [3.05, 3.63) is 63.9 Å². The minimum absolute atomic E-state index is 0.275. The fraction of sp³-hybridized carbons (Fsp3) is 0.0667. The van der Waals surface area contributed by atoms with E-state index in [1.165, 1.54) is 17.0 Å². The molecule has 2 aromatic carbocycles. The van der Waals surface area contributed by atoms with E-state index < -0.39 is 5.82 Å². The summed E-state index contributed by atoms with van der Waals surface area (Å²) in [5.74, 6) is -0.775. The zero-order chi connectivity index (χ0) is 15.6. The Morgan fingerprint density at radius 3 is 2.29 bits per heavy atom. The minimum Gasteiger partial charge on any atom is -0.389 e. The lowest BCUT2D eigenvalue weighted by Gasteiger charge is -2.18. The number of nitrogens with zero attached hydrogens (tertiary/aromatic N) is 1. The molecule has 0 bridgehead atoms. The third-order valence-electron chi connectivity index (χ3n) is 3.01. The van der Waals surface area contributed by atoms with Gasteiger partial charge in [-0.05, 0) is 58.4 Å². The maximum atomic E-state index is 13.5. The molecule has 0 fully saturated rings. The van der Waals surface area contributed by atoms with Crippen molar-refractivity contribution in [2.75, 3.05) is 11.9 Å². The quantitative estimate of drug-likeness (QED) is 0.845. The number of hydrogen-bond acceptors (Lipinski definition) is 2. The molecule has 3 nitrogen and oxygen atoms in total. The Morgan fingerprint density at radius 1 is 1.19 bits per heavy atom. The molecule has 0 aliphatic heterocycles. The highest BCUT2D eigenvalue weighted by Crippen LogP contribution is 2.20. The Morgan fingerprint density at radius 2 is 1.76 bits per heavy atom. The van der Waals surface area contributed by atoms with Crippen molar-refractivity contribution < 1.29 is 9.18 Å². The summed E-state index contributed by atoms with van der Waals surface area (Å²) in [5, 5.41) is 0. The highest BCUT2D eigenvalue weighted by molar-refractivity contribution is 9.10. The van der Waals surface area contributed by atoms with Gasteiger partial charge < -0.3 is 10.6 Å². The van der Waals surface area contributed by atoms with Crippen molar-refractivity contribution in [2.45, 2.75) is 0 Å². The van der Waals surface area contributed by atoms with Gasteiger partial charge in [0.1, 0.15) is 10.8 Å². The topological polar surface area (TPSA) is 46.3 Å². The van der Waals surface area contributed by atoms with Gasteiger partial charge >= 0.3 is 0 Å². The molecule has 108 valence electrons. The normalized spacial score (nSPS) is 10.2. The van der Waals surface area contributed by atoms with Gasteiger partial charge in [-0.1, -0.05) is 12.2 Å². The van der Waals surface area contributed by atoms with Crippen molar-refractivity contribution in [3.8, 4) is 0 Å². The molecule has 2 N–H and O–H groups in total. The molecular formula is C15H12BrFN2OS. The van der Waals surface area contributed by atoms with Crippen LogP contribution in [0, 0.1) is 5.82 Å². The van der Waals surface area contributed by atoms with E-state index in [4.69, 9.17) is 18.0 Å². The summed E-state index contributed by atoms with van der Waals surface area (Å²) in [6, 6.07) is 11.2. The number of amides is 1. The first-order valence-corrected chi connectivity index (χ1v) is 7.23. The minimum atomic E-state index is -0.474. The molecule has 21 heavy (non-hydrogen) atoms. The van der Waals surface area contributed by atoms with Gasteiger partial charge in [0.2, 0.25) is 0 Å². The number of halogens is 2. The number of anilines is 1. The first kappa shape index (κ1) is 15.6. The van der Waals surface area contributed by atoms with E-state index >= 15 is 0 Å². The van der Waals surface area contributed by atoms with E-state index in [1.807, 2.05) is 0 Å². The van der Waals surface area contributed by atoms with Gasteiger partial charge in [0, 0.05) is 23.9 Å². The highest BCUT2D eigenvalue weighted by atomic mass is 79.9. The van der Waals surface area contributed by atoms with Crippen LogP contribution >= 0.6 is 28.1 Å². The Kier molecular flexibility index (Phi) is 4.69. The lowest BCUT2D eigenvalue weighted by molar-refractivity contribution is 0.0992. The van der Waals surface area contributed by atoms with Crippen molar-refractivity contribution in [1.82, 2.24) is 0 Å². The van der Waals surface area contributed by atoms with Gasteiger partial charge in [-0.15, -0.1) is 0 Å². The van der Waals surface area contributed by atoms with Crippen LogP contribution in [0.15, 0.2) is 46.9 Å². The van der Waals surface area contributed by atoms with Gasteiger partial charge in [0.25, 0.3) is 5.91 Å². The summed E-state index contributed by atoms with van der Waals surface area (Å²) in [5.41, 5.74) is 7.20. The number of nitrogens with two attached hydrogens (primary N) is 1. The molecule has 6 heteroatoms. The molecule has 0 radical (unpaired) electrons. The van der Waals surface area contributed by atoms with Crippen LogP contribution in [0.25, 0.3) is 0 Å². The summed E-state index contributed by atoms with van der Waals surface area (Å²) >= 11 is 7.93. The molecule has 1 amide bonds. The predicted molar refractivity (Wildman–Crippen MR) is 89.2 cm³/mol. The van der Waals surface area contributed by atoms with E-state index in [0.29, 0.717) is 15.1 Å². The standard InChI is InChI=1S/C15H12BrFN2OS/c1-19(11-5-2-9(3-6-11)14(18)21)15(20)10-4-7-12(16)13(17)8-10/h2-8H,1H3,(H2,18,21). The molecule has 0 heterocycles. The van der Waals surface area contributed by atoms with Gasteiger partial charge in [-0.2, -0.15) is 0 Å². The second-order valence-electron chi connectivity index (χ2n) is 4.40. The molecule has 0 spiro atoms. The average molecular weight is 367 g/mol. The van der Waals surface area contributed by atoms with Crippen molar-refractivity contribution in [3.63, 3.8) is 0 Å². The molecule has 0 aliphatic rings. The largest absolute Gasteiger partial charge is 0.389 e. The smallest absolute Gasteiger partial charge is 0.258 e. The fourth-order valence-corrected chi connectivity index (χ4v) is 2.17. The average Bonchev–Trinajstić information content (AvgIpc) is 2.48. The van der Waals surface area contributed by atoms with Crippen LogP contribution in [-0.4, -0.2) is 17.9 Å². The first-order chi connectivity index (χ1) is 9.90. The SMILES string of the molecule is CN(C(=O)c1ccc(Br)c(F)c1)c1ccc(C(N)=S)cc1. The molecule has 0 aliphatic carbocycles. The molecule has 0 saturated heterocycles. The molecule has 0 atom stereocenters. The molecule has 0 aromatic heterocycles. The number of thiocarbonyl (C=S) groups is 1. The highest BCUT2D eigenvalue weighted by Gasteiger charge is 2.15. The van der Waals surface area contributed by atoms with Crippen LogP contribution in [0.5, 0.6) is 0 Å². The van der Waals surface area contributed by atoms with E-state index in [-0.39, 0.29) is 11.5 Å². The number of benzene rings is 2. The number of carbonyl (C=O) groups excluding carboxylic acids is 1. The number of hydrogen-bond donors (Lipinski definition) is 1. The van der Waals surface area contributed by atoms with Gasteiger partial charge in [-0.25, -0.2) is 4.39 Å². The Balaban J connectivity index is 2.25. The Hall–Kier alpha value is -1.79. The maximum Gasteiger partial charge on any atom is 0.258 e. The zero-order valence-corrected chi connectivity index (χ0v) is 13.5. The molecule has 0 saturated carbocycles. The lowest BCUT2D eigenvalue weighted by Crippen LogP contribution is -2.26. The van der Waals surface area contributed by atoms with Crippen LogP contribution in [0.2, 0.25) is 0 Å². The first-order valence-electron chi connectivity index (χ1n) is 6.03. The Labute approximate surface area is 135 Å². The summed E-state index contributed by atoms with van der Waals surface area (Å²) in [6.07, 6.45) is 0. The summed E-state index contributed by atoms with van der Waals surface area (Å²) in [7, 11) is 1.62. The van der Waals surface area contributed by atoms with Crippen molar-refractivity contribution in [1.29, 1.82) is 0 Å². The monoisotopic (exact) mass is 366 g/mol. The Bertz CT molecular complexity index is 703. The summed E-state index contributed by atoms with van der Waals surface area (Å²) in [4.78, 5) is 14.1. The summed E-state index contributed by atoms with van der Waals surface area (Å²) in [6.45, 7) is 0. The van der Waals surface area contributed by atoms with E-state index in [1.54, 1.807) is 37.4 Å². The molecule has 2 aromatic rings. The zero-order valence-electron chi connectivity index (χ0n) is 11.1. The third-order valence-corrected chi connectivity index (χ3v) is 3.89. The van der Waals surface area contributed by atoms with E-state index in [9.17, 15) is 9.18 Å². The molecular weight excluding hydrogens is 355 g/mol. The van der Waals surface area contributed by atoms with Crippen LogP contribution in [0.3, 0.4) is 0 Å². The molecule has 2 rings (SSSR count). The predicted octanol–water partition coefficient (Wildman–Crippen LogP) is 3.50. The van der Waals surface area contributed by atoms with Crippen LogP contribution in [-0.2, 0) is 0 Å². The van der Waals surface area contributed by atoms with Crippen LogP contribution < -0.4 is 10.6 Å². The van der Waals surface area contributed by atoms with Gasteiger partial charge in [0.15, 0.2) is 0 Å². The van der Waals surface area contributed by atoms with Gasteiger partial charge in [-0.3, -0.25) is 4.79 Å². The van der Waals surface area contributed by atoms with Crippen molar-refractivity contribution in [2.24, 2.45) is 5.73 Å². The van der Waals surface area contributed by atoms with Gasteiger partial charge in [0.05, 0.1) is 4.47 Å². The summed E-state index contributed by atoms with van der Waals surface area (Å²) < 4.78 is 13.8. The maximum absolute atomic E-state index is 13.5. The number of rotatable bonds is 3. The van der Waals surface area contributed by atoms with E-state index in [0.717, 1.165) is 5.56 Å². The fourth-order valence-electron chi connectivity index (χ4n) is 1.79. The second kappa shape index (κ2) is 6.32. The third kappa shape index (κ3) is 3.46. The van der Waals surface area contributed by atoms with Crippen LogP contribution in [0.4, 0.5) is 10.1 Å². The van der Waals surface area contributed by atoms with Crippen LogP contribution in [0.1, 0.15) is 15.9 Å². The second-order valence-corrected chi connectivity index (χ2v) is 5.70. The number of carbonyl (C=O) groups is 1. The van der Waals surface area contributed by atoms with E-state index in [2.05, 4.69) is 15.9 Å².